The number of fused-ring (bicyclic) bond motifs is 1. The molecule has 1 aromatic carbocycles. The van der Waals surface area contributed by atoms with Gasteiger partial charge in [-0.1, -0.05) is 19.1 Å². The molecule has 1 amide bonds. The highest BCUT2D eigenvalue weighted by Crippen LogP contribution is 2.44. The molecule has 4 unspecified atom stereocenters. The summed E-state index contributed by atoms with van der Waals surface area (Å²) in [5, 5.41) is 14.6. The lowest BCUT2D eigenvalue weighted by molar-refractivity contribution is -0.145. The molecule has 4 heterocycles. The molecular weight excluding hydrogens is 575 g/mol. The molecule has 42 heavy (non-hydrogen) atoms. The number of carbonyl (C=O) groups excluding carboxylic acids is 2. The van der Waals surface area contributed by atoms with Crippen LogP contribution in [0.25, 0.3) is 0 Å². The first-order chi connectivity index (χ1) is 19.9. The summed E-state index contributed by atoms with van der Waals surface area (Å²) in [6.45, 7) is 3.42. The third-order valence-electron chi connectivity index (χ3n) is 7.85. The number of hydrogen-bond acceptors (Lipinski definition) is 9. The minimum absolute atomic E-state index is 0.0330. The summed E-state index contributed by atoms with van der Waals surface area (Å²) in [6, 6.07) is 2.49. The monoisotopic (exact) mass is 605 g/mol. The summed E-state index contributed by atoms with van der Waals surface area (Å²) in [7, 11) is 0. The molecule has 10 nitrogen and oxygen atoms in total. The number of carboxylic acid groups (broad SMARTS) is 1. The van der Waals surface area contributed by atoms with Gasteiger partial charge in [-0.05, 0) is 31.0 Å². The van der Waals surface area contributed by atoms with E-state index in [0.717, 1.165) is 0 Å². The zero-order valence-electron chi connectivity index (χ0n) is 23.1. The van der Waals surface area contributed by atoms with Crippen molar-refractivity contribution in [3.8, 4) is 0 Å². The highest BCUT2D eigenvalue weighted by Gasteiger charge is 2.62. The van der Waals surface area contributed by atoms with E-state index in [9.17, 15) is 23.9 Å². The maximum atomic E-state index is 15.3. The second kappa shape index (κ2) is 11.5. The zero-order chi connectivity index (χ0) is 30.3. The Bertz CT molecular complexity index is 1460. The Hall–Kier alpha value is -3.78. The van der Waals surface area contributed by atoms with Crippen LogP contribution < -0.4 is 5.32 Å². The fraction of sp³-hybridized carbons (Fsp3) is 0.464. The van der Waals surface area contributed by atoms with Crippen molar-refractivity contribution < 1.29 is 37.4 Å². The Kier molecular flexibility index (Phi) is 8.12. The SMILES string of the molecule is CCOC(=O)C1=C(CN2CC(F)(F)C3C(=O)N(CC(C)C(=O)O)CC32)NC(c2nccs2)=NC1c1cccc(F)c1C. The number of rotatable bonds is 9. The molecule has 2 N–H and O–H groups in total. The van der Waals surface area contributed by atoms with Gasteiger partial charge in [0.25, 0.3) is 5.92 Å². The Morgan fingerprint density at radius 3 is 2.76 bits per heavy atom. The molecule has 5 rings (SSSR count). The van der Waals surface area contributed by atoms with Gasteiger partial charge in [-0.3, -0.25) is 19.5 Å². The molecule has 0 bridgehead atoms. The predicted octanol–water partition coefficient (Wildman–Crippen LogP) is 3.00. The second-order valence-electron chi connectivity index (χ2n) is 10.6. The number of hydrogen-bond donors (Lipinski definition) is 2. The second-order valence-corrected chi connectivity index (χ2v) is 11.5. The number of carbonyl (C=O) groups is 3. The fourth-order valence-corrected chi connectivity index (χ4v) is 6.36. The molecule has 0 radical (unpaired) electrons. The van der Waals surface area contributed by atoms with Crippen molar-refractivity contribution in [1.82, 2.24) is 20.1 Å². The molecule has 0 aliphatic carbocycles. The summed E-state index contributed by atoms with van der Waals surface area (Å²) >= 11 is 1.27. The lowest BCUT2D eigenvalue weighted by atomic mass is 9.92. The zero-order valence-corrected chi connectivity index (χ0v) is 24.0. The maximum absolute atomic E-state index is 15.3. The van der Waals surface area contributed by atoms with Crippen molar-refractivity contribution in [3.05, 3.63) is 63.0 Å². The van der Waals surface area contributed by atoms with Crippen molar-refractivity contribution in [2.75, 3.05) is 32.8 Å². The molecule has 14 heteroatoms. The molecule has 2 fully saturated rings. The quantitative estimate of drug-likeness (QED) is 0.418. The number of benzene rings is 1. The highest BCUT2D eigenvalue weighted by atomic mass is 32.1. The van der Waals surface area contributed by atoms with Gasteiger partial charge in [0.1, 0.15) is 17.8 Å². The molecule has 0 saturated carbocycles. The summed E-state index contributed by atoms with van der Waals surface area (Å²) in [5.41, 5.74) is 0.938. The molecule has 2 saturated heterocycles. The lowest BCUT2D eigenvalue weighted by Gasteiger charge is -2.31. The molecule has 1 aromatic heterocycles. The molecule has 3 aliphatic heterocycles. The van der Waals surface area contributed by atoms with Crippen LogP contribution in [0.4, 0.5) is 13.2 Å². The topological polar surface area (TPSA) is 124 Å². The van der Waals surface area contributed by atoms with Gasteiger partial charge in [-0.2, -0.15) is 0 Å². The number of aliphatic imine (C=N–C) groups is 1. The van der Waals surface area contributed by atoms with E-state index in [1.165, 1.54) is 40.2 Å². The van der Waals surface area contributed by atoms with E-state index in [2.05, 4.69) is 10.3 Å². The minimum atomic E-state index is -3.38. The summed E-state index contributed by atoms with van der Waals surface area (Å²) in [5.74, 6) is -8.85. The molecule has 224 valence electrons. The van der Waals surface area contributed by atoms with E-state index < -0.39 is 60.0 Å². The summed E-state index contributed by atoms with van der Waals surface area (Å²) in [6.07, 6.45) is 1.57. The first kappa shape index (κ1) is 29.7. The molecule has 0 spiro atoms. The number of nitrogens with zero attached hydrogens (tertiary/aromatic N) is 4. The van der Waals surface area contributed by atoms with Crippen molar-refractivity contribution in [2.45, 2.75) is 38.8 Å². The normalized spacial score (nSPS) is 24.3. The van der Waals surface area contributed by atoms with Crippen molar-refractivity contribution in [1.29, 1.82) is 0 Å². The molecular formula is C28H30F3N5O5S. The highest BCUT2D eigenvalue weighted by molar-refractivity contribution is 7.11. The van der Waals surface area contributed by atoms with Gasteiger partial charge in [0.15, 0.2) is 10.8 Å². The molecule has 2 aromatic rings. The number of ether oxygens (including phenoxy) is 1. The number of amides is 1. The van der Waals surface area contributed by atoms with E-state index in [1.54, 1.807) is 31.5 Å². The van der Waals surface area contributed by atoms with Crippen molar-refractivity contribution in [2.24, 2.45) is 16.8 Å². The van der Waals surface area contributed by atoms with Crippen LogP contribution in [0, 0.1) is 24.6 Å². The van der Waals surface area contributed by atoms with Crippen molar-refractivity contribution in [3.63, 3.8) is 0 Å². The van der Waals surface area contributed by atoms with Crippen LogP contribution in [0.1, 0.15) is 36.0 Å². The number of amidine groups is 1. The third-order valence-corrected chi connectivity index (χ3v) is 8.63. The predicted molar refractivity (Wildman–Crippen MR) is 147 cm³/mol. The van der Waals surface area contributed by atoms with E-state index >= 15 is 8.78 Å². The number of alkyl halides is 2. The van der Waals surface area contributed by atoms with Gasteiger partial charge in [-0.25, -0.2) is 22.9 Å². The minimum Gasteiger partial charge on any atom is -0.481 e. The Morgan fingerprint density at radius 1 is 1.33 bits per heavy atom. The number of aromatic nitrogens is 1. The number of likely N-dealkylation sites (tertiary alicyclic amines) is 2. The molecule has 4 atom stereocenters. The smallest absolute Gasteiger partial charge is 0.338 e. The number of halogens is 3. The van der Waals surface area contributed by atoms with Crippen LogP contribution in [0.5, 0.6) is 0 Å². The summed E-state index contributed by atoms with van der Waals surface area (Å²) < 4.78 is 50.7. The summed E-state index contributed by atoms with van der Waals surface area (Å²) in [4.78, 5) is 49.4. The Balaban J connectivity index is 1.56. The van der Waals surface area contributed by atoms with Crippen LogP contribution in [0.15, 0.2) is 46.0 Å². The largest absolute Gasteiger partial charge is 0.481 e. The van der Waals surface area contributed by atoms with Gasteiger partial charge in [0, 0.05) is 43.0 Å². The average molecular weight is 606 g/mol. The third kappa shape index (κ3) is 5.40. The number of thiazole rings is 1. The van der Waals surface area contributed by atoms with Crippen LogP contribution >= 0.6 is 11.3 Å². The number of aliphatic carboxylic acids is 1. The van der Waals surface area contributed by atoms with Gasteiger partial charge >= 0.3 is 11.9 Å². The number of nitrogens with one attached hydrogen (secondary N) is 1. The Morgan fingerprint density at radius 2 is 2.10 bits per heavy atom. The van der Waals surface area contributed by atoms with E-state index in [0.29, 0.717) is 10.6 Å². The van der Waals surface area contributed by atoms with E-state index in [-0.39, 0.29) is 48.9 Å². The number of carboxylic acids is 1. The fourth-order valence-electron chi connectivity index (χ4n) is 5.77. The molecule has 3 aliphatic rings. The van der Waals surface area contributed by atoms with Crippen LogP contribution in [0.2, 0.25) is 0 Å². The van der Waals surface area contributed by atoms with Gasteiger partial charge in [0.05, 0.1) is 24.6 Å². The standard InChI is InChI=1S/C28H30F3N5O5S/c1-4-41-27(40)20-18(11-36-13-28(30,31)21-19(36)12-35(25(21)37)10-14(2)26(38)39)33-23(24-32-8-9-42-24)34-22(20)16-6-5-7-17(29)15(16)3/h5-9,14,19,21-22H,4,10-13H2,1-3H3,(H,33,34)(H,38,39). The maximum Gasteiger partial charge on any atom is 0.338 e. The van der Waals surface area contributed by atoms with Crippen LogP contribution in [-0.2, 0) is 19.1 Å². The lowest BCUT2D eigenvalue weighted by Crippen LogP contribution is -2.44. The van der Waals surface area contributed by atoms with Gasteiger partial charge in [0.2, 0.25) is 5.91 Å². The van der Waals surface area contributed by atoms with Gasteiger partial charge < -0.3 is 20.1 Å². The first-order valence-corrected chi connectivity index (χ1v) is 14.3. The number of esters is 1. The average Bonchev–Trinajstić information content (AvgIpc) is 3.63. The van der Waals surface area contributed by atoms with Gasteiger partial charge in [-0.15, -0.1) is 11.3 Å². The van der Waals surface area contributed by atoms with Crippen LogP contribution in [-0.4, -0.2) is 88.3 Å². The van der Waals surface area contributed by atoms with E-state index in [4.69, 9.17) is 9.73 Å². The first-order valence-electron chi connectivity index (χ1n) is 13.5. The van der Waals surface area contributed by atoms with Crippen LogP contribution in [0.3, 0.4) is 0 Å². The Labute approximate surface area is 243 Å². The van der Waals surface area contributed by atoms with E-state index in [1.807, 2.05) is 0 Å². The van der Waals surface area contributed by atoms with Crippen molar-refractivity contribution >= 4 is 35.0 Å².